The lowest BCUT2D eigenvalue weighted by molar-refractivity contribution is -0.150. The van der Waals surface area contributed by atoms with Crippen molar-refractivity contribution in [2.75, 3.05) is 17.2 Å². The molecule has 15 nitrogen and oxygen atoms in total. The third kappa shape index (κ3) is 5.52. The molecule has 1 saturated heterocycles. The van der Waals surface area contributed by atoms with Gasteiger partial charge in [0.1, 0.15) is 22.9 Å². The second kappa shape index (κ2) is 11.5. The first kappa shape index (κ1) is 26.8. The third-order valence-electron chi connectivity index (χ3n) is 5.84. The van der Waals surface area contributed by atoms with E-state index >= 15 is 0 Å². The van der Waals surface area contributed by atoms with E-state index in [0.717, 1.165) is 24.4 Å². The molecule has 2 aromatic heterocycles. The van der Waals surface area contributed by atoms with Crippen molar-refractivity contribution in [1.82, 2.24) is 39.8 Å². The number of hydrogen-bond donors (Lipinski definition) is 3. The number of tetrazole rings is 1. The summed E-state index contributed by atoms with van der Waals surface area (Å²) >= 11 is 3.50. The molecule has 3 aliphatic rings. The van der Waals surface area contributed by atoms with Crippen LogP contribution in [-0.2, 0) is 25.8 Å². The quantitative estimate of drug-likeness (QED) is 0.108. The van der Waals surface area contributed by atoms with Crippen molar-refractivity contribution in [2.24, 2.45) is 5.16 Å². The molecule has 0 saturated carbocycles. The normalized spacial score (nSPS) is 20.8. The molecule has 4 N–H and O–H groups in total. The fraction of sp³-hybridized carbons (Fsp3) is 0.381. The highest BCUT2D eigenvalue weighted by molar-refractivity contribution is 8.01. The summed E-state index contributed by atoms with van der Waals surface area (Å²) in [6, 6.07) is -0.974. The number of nitrogens with zero attached hydrogens (tertiary/aromatic N) is 8. The third-order valence-corrected chi connectivity index (χ3v) is 8.76. The lowest BCUT2D eigenvalue weighted by atomic mass is 10.0. The molecular weight excluding hydrogens is 568 g/mol. The van der Waals surface area contributed by atoms with Crippen LogP contribution in [0.2, 0.25) is 0 Å². The van der Waals surface area contributed by atoms with Crippen LogP contribution >= 0.6 is 35.1 Å². The Bertz CT molecular complexity index is 1420. The van der Waals surface area contributed by atoms with Gasteiger partial charge in [0.15, 0.2) is 5.13 Å². The van der Waals surface area contributed by atoms with Gasteiger partial charge in [-0.15, -0.1) is 23.4 Å². The molecule has 1 aliphatic carbocycles. The number of aromatic nitrogens is 6. The smallest absolute Gasteiger partial charge is 0.352 e. The van der Waals surface area contributed by atoms with E-state index in [1.165, 1.54) is 33.1 Å². The van der Waals surface area contributed by atoms with Crippen molar-refractivity contribution in [1.29, 1.82) is 0 Å². The van der Waals surface area contributed by atoms with Crippen molar-refractivity contribution in [3.05, 3.63) is 41.6 Å². The number of carboxylic acid groups (broad SMARTS) is 1. The van der Waals surface area contributed by atoms with Crippen LogP contribution < -0.4 is 11.1 Å². The minimum atomic E-state index is -1.23. The van der Waals surface area contributed by atoms with Gasteiger partial charge in [-0.05, 0) is 34.9 Å². The van der Waals surface area contributed by atoms with Crippen molar-refractivity contribution in [2.45, 2.75) is 42.4 Å². The van der Waals surface area contributed by atoms with Crippen LogP contribution in [0.25, 0.3) is 0 Å². The molecule has 2 aromatic rings. The minimum absolute atomic E-state index is 0.0299. The predicted octanol–water partition coefficient (Wildman–Crippen LogP) is 0.612. The highest BCUT2D eigenvalue weighted by Gasteiger charge is 2.54. The van der Waals surface area contributed by atoms with Gasteiger partial charge in [-0.25, -0.2) is 9.48 Å². The monoisotopic (exact) mass is 590 g/mol. The number of carbonyl (C=O) groups is 3. The number of nitrogen functional groups attached to an aromatic ring is 1. The molecule has 0 aromatic carbocycles. The van der Waals surface area contributed by atoms with E-state index in [0.29, 0.717) is 35.2 Å². The van der Waals surface area contributed by atoms with Crippen molar-refractivity contribution < 1.29 is 24.3 Å². The summed E-state index contributed by atoms with van der Waals surface area (Å²) in [5.74, 6) is -1.33. The minimum Gasteiger partial charge on any atom is -0.477 e. The number of nitrogens with one attached hydrogen (secondary N) is 1. The summed E-state index contributed by atoms with van der Waals surface area (Å²) < 4.78 is 5.58. The highest BCUT2D eigenvalue weighted by Crippen LogP contribution is 2.41. The van der Waals surface area contributed by atoms with Gasteiger partial charge >= 0.3 is 5.97 Å². The summed E-state index contributed by atoms with van der Waals surface area (Å²) in [6.45, 7) is 4.06. The molecule has 0 radical (unpaired) electrons. The number of allylic oxidation sites excluding steroid dienone is 3. The number of thioether (sulfide) groups is 2. The summed E-state index contributed by atoms with van der Waals surface area (Å²) in [6.07, 6.45) is 5.98. The number of nitrogens with two attached hydrogens (primary N) is 1. The largest absolute Gasteiger partial charge is 0.477 e. The first-order valence-corrected chi connectivity index (χ1v) is 14.4. The number of oxime groups is 1. The van der Waals surface area contributed by atoms with E-state index in [-0.39, 0.29) is 28.1 Å². The number of hydrogen-bond acceptors (Lipinski definition) is 14. The maximum Gasteiger partial charge on any atom is 0.352 e. The van der Waals surface area contributed by atoms with Gasteiger partial charge in [0.25, 0.3) is 11.8 Å². The molecule has 204 valence electrons. The van der Waals surface area contributed by atoms with Gasteiger partial charge in [-0.2, -0.15) is 9.36 Å². The second-order valence-electron chi connectivity index (χ2n) is 8.39. The van der Waals surface area contributed by atoms with E-state index in [1.807, 2.05) is 6.08 Å². The van der Waals surface area contributed by atoms with Gasteiger partial charge in [0.2, 0.25) is 16.7 Å². The molecule has 18 heteroatoms. The molecule has 2 unspecified atom stereocenters. The van der Waals surface area contributed by atoms with Gasteiger partial charge in [-0.1, -0.05) is 23.0 Å². The van der Waals surface area contributed by atoms with Crippen molar-refractivity contribution in [3.8, 4) is 0 Å². The molecular formula is C21H22N10O5S3. The number of amides is 2. The number of fused-ring (bicyclic) bond motifs is 1. The summed E-state index contributed by atoms with van der Waals surface area (Å²) in [5.41, 5.74) is 5.89. The number of aliphatic carboxylic acids is 1. The number of anilines is 1. The molecule has 2 atom stereocenters. The SMILES string of the molecule is C=CCn1nnnc1SCC1=C(C(=O)O)N2C(=O)C(NC(=O)/C(=N/OC3=CCCC3)c3nsc(N)n3)C2SC1. The van der Waals surface area contributed by atoms with Crippen LogP contribution in [-0.4, -0.2) is 86.0 Å². The Morgan fingerprint density at radius 2 is 2.28 bits per heavy atom. The van der Waals surface area contributed by atoms with E-state index < -0.39 is 29.2 Å². The van der Waals surface area contributed by atoms with E-state index in [1.54, 1.807) is 6.08 Å². The molecule has 2 amide bonds. The van der Waals surface area contributed by atoms with E-state index in [2.05, 4.69) is 41.9 Å². The second-order valence-corrected chi connectivity index (χ2v) is 11.2. The molecule has 39 heavy (non-hydrogen) atoms. The number of β-lactam (4-membered cyclic amide) rings is 1. The van der Waals surface area contributed by atoms with E-state index in [9.17, 15) is 19.5 Å². The molecule has 4 heterocycles. The Kier molecular flexibility index (Phi) is 7.94. The zero-order valence-corrected chi connectivity index (χ0v) is 22.7. The zero-order valence-electron chi connectivity index (χ0n) is 20.2. The summed E-state index contributed by atoms with van der Waals surface area (Å²) in [7, 11) is 0. The average molecular weight is 591 g/mol. The van der Waals surface area contributed by atoms with E-state index in [4.69, 9.17) is 10.6 Å². The molecule has 1 fully saturated rings. The van der Waals surface area contributed by atoms with Crippen LogP contribution in [0.4, 0.5) is 5.13 Å². The van der Waals surface area contributed by atoms with Crippen LogP contribution in [0, 0.1) is 0 Å². The molecule has 5 rings (SSSR count). The summed E-state index contributed by atoms with van der Waals surface area (Å²) in [4.78, 5) is 49.1. The Morgan fingerprint density at radius 1 is 1.44 bits per heavy atom. The maximum atomic E-state index is 13.2. The van der Waals surface area contributed by atoms with Gasteiger partial charge in [0.05, 0.1) is 6.54 Å². The first-order valence-electron chi connectivity index (χ1n) is 11.6. The Balaban J connectivity index is 1.30. The molecule has 2 aliphatic heterocycles. The van der Waals surface area contributed by atoms with Gasteiger partial charge in [0, 0.05) is 29.5 Å². The van der Waals surface area contributed by atoms with Crippen LogP contribution in [0.3, 0.4) is 0 Å². The summed E-state index contributed by atoms with van der Waals surface area (Å²) in [5, 5.41) is 28.0. The Morgan fingerprint density at radius 3 is 2.97 bits per heavy atom. The number of carbonyl (C=O) groups excluding carboxylic acids is 2. The lowest BCUT2D eigenvalue weighted by Gasteiger charge is -2.49. The lowest BCUT2D eigenvalue weighted by Crippen LogP contribution is -2.71. The first-order chi connectivity index (χ1) is 18.9. The van der Waals surface area contributed by atoms with Gasteiger partial charge in [-0.3, -0.25) is 14.5 Å². The molecule has 0 spiro atoms. The average Bonchev–Trinajstić information content (AvgIpc) is 3.69. The zero-order chi connectivity index (χ0) is 27.5. The number of rotatable bonds is 11. The standard InChI is InChI=1S/C21H22N10O5S3/c1-2-7-30-21(25-28-29-30)38-9-10-8-37-18-13(17(33)31(18)14(10)19(34)35)23-16(32)12(15-24-20(22)39-27-15)26-36-11-5-3-4-6-11/h2,5,13,18H,1,3-4,6-9H2,(H,23,32)(H,34,35)(H2,22,24,27)/b26-12+. The maximum absolute atomic E-state index is 13.2. The van der Waals surface area contributed by atoms with Crippen LogP contribution in [0.15, 0.2) is 46.1 Å². The highest BCUT2D eigenvalue weighted by atomic mass is 32.2. The topological polar surface area (TPSA) is 204 Å². The Labute approximate surface area is 233 Å². The molecule has 0 bridgehead atoms. The van der Waals surface area contributed by atoms with Crippen LogP contribution in [0.5, 0.6) is 0 Å². The predicted molar refractivity (Wildman–Crippen MR) is 142 cm³/mol. The van der Waals surface area contributed by atoms with Crippen molar-refractivity contribution in [3.63, 3.8) is 0 Å². The van der Waals surface area contributed by atoms with Crippen LogP contribution in [0.1, 0.15) is 25.1 Å². The van der Waals surface area contributed by atoms with Gasteiger partial charge < -0.3 is 21.0 Å². The fourth-order valence-electron chi connectivity index (χ4n) is 4.04. The number of carboxylic acids is 1. The fourth-order valence-corrected chi connectivity index (χ4v) is 6.84. The van der Waals surface area contributed by atoms with Crippen molar-refractivity contribution >= 4 is 63.7 Å². The Hall–Kier alpha value is -3.77.